The van der Waals surface area contributed by atoms with Gasteiger partial charge in [-0.25, -0.2) is 12.8 Å². The fourth-order valence-corrected chi connectivity index (χ4v) is 3.71. The van der Waals surface area contributed by atoms with E-state index >= 15 is 0 Å². The molecule has 0 amide bonds. The molecule has 2 rings (SSSR count). The van der Waals surface area contributed by atoms with Gasteiger partial charge in [0.1, 0.15) is 11.6 Å². The van der Waals surface area contributed by atoms with E-state index in [1.807, 2.05) is 0 Å². The second-order valence-electron chi connectivity index (χ2n) is 4.77. The number of carbonyl (C=O) groups is 1. The average Bonchev–Trinajstić information content (AvgIpc) is 2.49. The molecule has 2 N–H and O–H groups in total. The van der Waals surface area contributed by atoms with E-state index in [4.69, 9.17) is 9.84 Å². The van der Waals surface area contributed by atoms with Crippen molar-refractivity contribution in [3.63, 3.8) is 0 Å². The number of rotatable bonds is 6. The van der Waals surface area contributed by atoms with Crippen LogP contribution in [0.25, 0.3) is 0 Å². The van der Waals surface area contributed by atoms with E-state index in [2.05, 4.69) is 20.7 Å². The maximum atomic E-state index is 13.1. The lowest BCUT2D eigenvalue weighted by atomic mass is 10.1. The van der Waals surface area contributed by atoms with Crippen LogP contribution in [0, 0.1) is 5.82 Å². The molecule has 0 fully saturated rings. The summed E-state index contributed by atoms with van der Waals surface area (Å²) < 4.78 is 45.6. The Balaban J connectivity index is 2.40. The first-order valence-corrected chi connectivity index (χ1v) is 8.87. The number of sulfonamides is 1. The van der Waals surface area contributed by atoms with Crippen LogP contribution in [-0.2, 0) is 21.2 Å². The number of ether oxygens (including phenoxy) is 1. The highest BCUT2D eigenvalue weighted by atomic mass is 79.9. The predicted octanol–water partition coefficient (Wildman–Crippen LogP) is 3.02. The fourth-order valence-electron chi connectivity index (χ4n) is 2.00. The van der Waals surface area contributed by atoms with Gasteiger partial charge in [0.25, 0.3) is 10.0 Å². The van der Waals surface area contributed by atoms with E-state index < -0.39 is 21.8 Å². The van der Waals surface area contributed by atoms with E-state index in [9.17, 15) is 17.6 Å². The van der Waals surface area contributed by atoms with Gasteiger partial charge < -0.3 is 9.84 Å². The molecule has 0 aliphatic carbocycles. The van der Waals surface area contributed by atoms with Crippen LogP contribution >= 0.6 is 15.9 Å². The lowest BCUT2D eigenvalue weighted by Gasteiger charge is -2.12. The van der Waals surface area contributed by atoms with Crippen LogP contribution in [0.1, 0.15) is 5.56 Å². The number of methoxy groups -OCH3 is 1. The molecule has 0 spiro atoms. The third-order valence-electron chi connectivity index (χ3n) is 3.08. The van der Waals surface area contributed by atoms with E-state index in [1.165, 1.54) is 31.4 Å². The number of benzene rings is 2. The average molecular weight is 418 g/mol. The zero-order valence-corrected chi connectivity index (χ0v) is 14.8. The lowest BCUT2D eigenvalue weighted by Crippen LogP contribution is -2.14. The zero-order chi connectivity index (χ0) is 17.9. The number of aliphatic carboxylic acids is 1. The molecular formula is C15H13BrFNO5S. The molecule has 128 valence electrons. The van der Waals surface area contributed by atoms with Gasteiger partial charge in [0.05, 0.1) is 24.1 Å². The van der Waals surface area contributed by atoms with Crippen molar-refractivity contribution in [2.45, 2.75) is 11.3 Å². The number of carboxylic acid groups (broad SMARTS) is 1. The fraction of sp³-hybridized carbons (Fsp3) is 0.133. The zero-order valence-electron chi connectivity index (χ0n) is 12.4. The molecule has 0 unspecified atom stereocenters. The molecule has 9 heteroatoms. The largest absolute Gasteiger partial charge is 0.496 e. The van der Waals surface area contributed by atoms with Gasteiger partial charge in [-0.3, -0.25) is 9.52 Å². The smallest absolute Gasteiger partial charge is 0.307 e. The topological polar surface area (TPSA) is 92.7 Å². The van der Waals surface area contributed by atoms with Crippen LogP contribution in [0.5, 0.6) is 5.75 Å². The van der Waals surface area contributed by atoms with Gasteiger partial charge in [-0.1, -0.05) is 0 Å². The molecule has 24 heavy (non-hydrogen) atoms. The van der Waals surface area contributed by atoms with Crippen molar-refractivity contribution in [2.75, 3.05) is 11.8 Å². The summed E-state index contributed by atoms with van der Waals surface area (Å²) in [5, 5.41) is 8.92. The van der Waals surface area contributed by atoms with Gasteiger partial charge >= 0.3 is 5.97 Å². The maximum Gasteiger partial charge on any atom is 0.307 e. The van der Waals surface area contributed by atoms with Crippen molar-refractivity contribution in [2.24, 2.45) is 0 Å². The molecule has 0 aliphatic heterocycles. The summed E-state index contributed by atoms with van der Waals surface area (Å²) in [5.74, 6) is -1.35. The van der Waals surface area contributed by atoms with Gasteiger partial charge in [-0.2, -0.15) is 0 Å². The highest BCUT2D eigenvalue weighted by Gasteiger charge is 2.19. The van der Waals surface area contributed by atoms with Gasteiger partial charge in [-0.15, -0.1) is 0 Å². The van der Waals surface area contributed by atoms with Crippen molar-refractivity contribution >= 4 is 37.6 Å². The normalized spacial score (nSPS) is 11.1. The standard InChI is InChI=1S/C15H13BrFNO5S/c1-23-14-5-3-11(6-9(14)7-15(19)20)24(21,22)18-13-4-2-10(17)8-12(13)16/h2-6,8,18H,7H2,1H3,(H,19,20). The SMILES string of the molecule is COc1ccc(S(=O)(=O)Nc2ccc(F)cc2Br)cc1CC(=O)O. The monoisotopic (exact) mass is 417 g/mol. The van der Waals surface area contributed by atoms with Crippen LogP contribution in [-0.4, -0.2) is 26.6 Å². The number of carboxylic acids is 1. The molecule has 0 heterocycles. The molecule has 0 atom stereocenters. The Bertz CT molecular complexity index is 885. The second kappa shape index (κ2) is 7.18. The third-order valence-corrected chi connectivity index (χ3v) is 5.10. The minimum Gasteiger partial charge on any atom is -0.496 e. The van der Waals surface area contributed by atoms with Crippen LogP contribution in [0.15, 0.2) is 45.8 Å². The molecule has 0 bridgehead atoms. The molecule has 0 saturated carbocycles. The quantitative estimate of drug-likeness (QED) is 0.753. The van der Waals surface area contributed by atoms with Crippen LogP contribution in [0.3, 0.4) is 0 Å². The minimum absolute atomic E-state index is 0.129. The molecule has 0 saturated heterocycles. The molecule has 0 aliphatic rings. The molecule has 0 aromatic heterocycles. The first kappa shape index (κ1) is 18.2. The number of halogens is 2. The Morgan fingerprint density at radius 2 is 2.00 bits per heavy atom. The summed E-state index contributed by atoms with van der Waals surface area (Å²) in [6.07, 6.45) is -0.382. The van der Waals surface area contributed by atoms with Crippen molar-refractivity contribution in [1.29, 1.82) is 0 Å². The van der Waals surface area contributed by atoms with Crippen LogP contribution in [0.2, 0.25) is 0 Å². The van der Waals surface area contributed by atoms with Gasteiger partial charge in [0.2, 0.25) is 0 Å². The van der Waals surface area contributed by atoms with Crippen LogP contribution < -0.4 is 9.46 Å². The summed E-state index contributed by atoms with van der Waals surface area (Å²) in [7, 11) is -2.62. The predicted molar refractivity (Wildman–Crippen MR) is 89.2 cm³/mol. The van der Waals surface area contributed by atoms with Gasteiger partial charge in [0.15, 0.2) is 0 Å². The Morgan fingerprint density at radius 3 is 2.58 bits per heavy atom. The first-order chi connectivity index (χ1) is 11.2. The van der Waals surface area contributed by atoms with E-state index in [-0.39, 0.29) is 32.8 Å². The number of anilines is 1. The van der Waals surface area contributed by atoms with Crippen molar-refractivity contribution in [3.8, 4) is 5.75 Å². The van der Waals surface area contributed by atoms with Crippen molar-refractivity contribution in [3.05, 3.63) is 52.3 Å². The van der Waals surface area contributed by atoms with E-state index in [1.54, 1.807) is 0 Å². The van der Waals surface area contributed by atoms with Crippen molar-refractivity contribution < 1.29 is 27.4 Å². The number of nitrogens with one attached hydrogen (secondary N) is 1. The Hall–Kier alpha value is -2.13. The number of hydrogen-bond acceptors (Lipinski definition) is 4. The Morgan fingerprint density at radius 1 is 1.29 bits per heavy atom. The van der Waals surface area contributed by atoms with Gasteiger partial charge in [0, 0.05) is 10.0 Å². The van der Waals surface area contributed by atoms with Crippen molar-refractivity contribution in [1.82, 2.24) is 0 Å². The van der Waals surface area contributed by atoms with E-state index in [0.717, 1.165) is 12.1 Å². The Labute approximate surface area is 146 Å². The molecular weight excluding hydrogens is 405 g/mol. The minimum atomic E-state index is -3.98. The van der Waals surface area contributed by atoms with E-state index in [0.29, 0.717) is 0 Å². The summed E-state index contributed by atoms with van der Waals surface area (Å²) in [6, 6.07) is 7.43. The first-order valence-electron chi connectivity index (χ1n) is 6.59. The number of hydrogen-bond donors (Lipinski definition) is 2. The lowest BCUT2D eigenvalue weighted by molar-refractivity contribution is -0.136. The molecule has 0 radical (unpaired) electrons. The highest BCUT2D eigenvalue weighted by molar-refractivity contribution is 9.10. The second-order valence-corrected chi connectivity index (χ2v) is 7.31. The summed E-state index contributed by atoms with van der Waals surface area (Å²) in [6.45, 7) is 0. The summed E-state index contributed by atoms with van der Waals surface area (Å²) in [4.78, 5) is 10.8. The summed E-state index contributed by atoms with van der Waals surface area (Å²) >= 11 is 3.08. The summed E-state index contributed by atoms with van der Waals surface area (Å²) in [5.41, 5.74) is 0.387. The third kappa shape index (κ3) is 4.24. The maximum absolute atomic E-state index is 13.1. The van der Waals surface area contributed by atoms with Crippen LogP contribution in [0.4, 0.5) is 10.1 Å². The molecule has 6 nitrogen and oxygen atoms in total. The highest BCUT2D eigenvalue weighted by Crippen LogP contribution is 2.28. The molecule has 2 aromatic rings. The molecule has 2 aromatic carbocycles. The van der Waals surface area contributed by atoms with Gasteiger partial charge in [-0.05, 0) is 52.3 Å². The Kier molecular flexibility index (Phi) is 5.45.